The highest BCUT2D eigenvalue weighted by Gasteiger charge is 2.22. The van der Waals surface area contributed by atoms with Gasteiger partial charge in [0.2, 0.25) is 0 Å². The van der Waals surface area contributed by atoms with Crippen LogP contribution in [0.5, 0.6) is 0 Å². The monoisotopic (exact) mass is 470 g/mol. The van der Waals surface area contributed by atoms with Crippen molar-refractivity contribution in [3.63, 3.8) is 0 Å². The number of aromatic nitrogens is 1. The van der Waals surface area contributed by atoms with Crippen molar-refractivity contribution in [1.29, 1.82) is 0 Å². The standard InChI is InChI=1S/C23H26N4O3S2/c1-17-5-3-6-21(18(17)2)25-32(29,30)20-9-7-19(8-10-20)22(28)26-12-4-13-27(15-14-26)23-24-11-16-31-23/h3,5-11,16,25H,4,12-15H2,1-2H3. The number of amides is 1. The third kappa shape index (κ3) is 4.78. The molecule has 0 spiro atoms. The van der Waals surface area contributed by atoms with Crippen molar-refractivity contribution < 1.29 is 13.2 Å². The molecular formula is C23H26N4O3S2. The highest BCUT2D eigenvalue weighted by atomic mass is 32.2. The molecule has 0 bridgehead atoms. The number of aryl methyl sites for hydroxylation is 1. The Hall–Kier alpha value is -2.91. The number of nitrogens with one attached hydrogen (secondary N) is 1. The van der Waals surface area contributed by atoms with Gasteiger partial charge in [0.25, 0.3) is 15.9 Å². The Balaban J connectivity index is 1.44. The number of hydrogen-bond donors (Lipinski definition) is 1. The second-order valence-electron chi connectivity index (χ2n) is 7.82. The lowest BCUT2D eigenvalue weighted by Gasteiger charge is -2.22. The minimum atomic E-state index is -3.75. The summed E-state index contributed by atoms with van der Waals surface area (Å²) in [7, 11) is -3.75. The van der Waals surface area contributed by atoms with Gasteiger partial charge in [0.1, 0.15) is 0 Å². The molecule has 0 saturated carbocycles. The van der Waals surface area contributed by atoms with Gasteiger partial charge in [-0.25, -0.2) is 13.4 Å². The normalized spacial score (nSPS) is 14.8. The third-order valence-corrected chi connectivity index (χ3v) is 7.95. The zero-order valence-corrected chi connectivity index (χ0v) is 19.7. The number of rotatable bonds is 5. The maximum atomic E-state index is 13.0. The molecule has 1 aliphatic heterocycles. The Kier molecular flexibility index (Phi) is 6.48. The molecule has 1 fully saturated rings. The number of anilines is 2. The molecule has 1 N–H and O–H groups in total. The molecule has 9 heteroatoms. The maximum Gasteiger partial charge on any atom is 0.261 e. The molecule has 7 nitrogen and oxygen atoms in total. The van der Waals surface area contributed by atoms with Crippen LogP contribution in [0.2, 0.25) is 0 Å². The molecule has 4 rings (SSSR count). The predicted molar refractivity (Wildman–Crippen MR) is 128 cm³/mol. The molecule has 2 heterocycles. The average Bonchev–Trinajstić information content (AvgIpc) is 3.21. The van der Waals surface area contributed by atoms with Gasteiger partial charge < -0.3 is 9.80 Å². The topological polar surface area (TPSA) is 82.6 Å². The third-order valence-electron chi connectivity index (χ3n) is 5.73. The highest BCUT2D eigenvalue weighted by Crippen LogP contribution is 2.23. The summed E-state index contributed by atoms with van der Waals surface area (Å²) >= 11 is 1.60. The Bertz CT molecular complexity index is 1190. The van der Waals surface area contributed by atoms with Gasteiger partial charge in [-0.2, -0.15) is 0 Å². The van der Waals surface area contributed by atoms with Crippen LogP contribution in [-0.4, -0.2) is 50.4 Å². The molecule has 1 aromatic heterocycles. The number of nitrogens with zero attached hydrogens (tertiary/aromatic N) is 3. The molecule has 0 unspecified atom stereocenters. The van der Waals surface area contributed by atoms with Crippen molar-refractivity contribution in [2.24, 2.45) is 0 Å². The summed E-state index contributed by atoms with van der Waals surface area (Å²) in [6, 6.07) is 11.6. The molecule has 3 aromatic rings. The quantitative estimate of drug-likeness (QED) is 0.611. The molecule has 0 aliphatic carbocycles. The fraction of sp³-hybridized carbons (Fsp3) is 0.304. The first-order valence-electron chi connectivity index (χ1n) is 10.5. The van der Waals surface area contributed by atoms with Gasteiger partial charge in [-0.1, -0.05) is 12.1 Å². The molecule has 0 radical (unpaired) electrons. The van der Waals surface area contributed by atoms with Crippen molar-refractivity contribution in [3.8, 4) is 0 Å². The van der Waals surface area contributed by atoms with Gasteiger partial charge in [0, 0.05) is 43.3 Å². The fourth-order valence-electron chi connectivity index (χ4n) is 3.71. The Labute approximate surface area is 192 Å². The second-order valence-corrected chi connectivity index (χ2v) is 10.4. The van der Waals surface area contributed by atoms with Crippen molar-refractivity contribution in [2.75, 3.05) is 35.8 Å². The van der Waals surface area contributed by atoms with Crippen molar-refractivity contribution in [3.05, 3.63) is 70.7 Å². The van der Waals surface area contributed by atoms with E-state index in [9.17, 15) is 13.2 Å². The lowest BCUT2D eigenvalue weighted by molar-refractivity contribution is 0.0767. The van der Waals surface area contributed by atoms with E-state index in [4.69, 9.17) is 0 Å². The van der Waals surface area contributed by atoms with Crippen LogP contribution in [0.3, 0.4) is 0 Å². The molecule has 2 aromatic carbocycles. The molecule has 1 aliphatic rings. The predicted octanol–water partition coefficient (Wildman–Crippen LogP) is 3.91. The summed E-state index contributed by atoms with van der Waals surface area (Å²) in [4.78, 5) is 21.5. The van der Waals surface area contributed by atoms with Crippen LogP contribution in [-0.2, 0) is 10.0 Å². The van der Waals surface area contributed by atoms with Gasteiger partial charge >= 0.3 is 0 Å². The number of carbonyl (C=O) groups excluding carboxylic acids is 1. The van der Waals surface area contributed by atoms with Crippen LogP contribution in [0.4, 0.5) is 10.8 Å². The lowest BCUT2D eigenvalue weighted by atomic mass is 10.1. The van der Waals surface area contributed by atoms with E-state index in [0.717, 1.165) is 35.8 Å². The van der Waals surface area contributed by atoms with Crippen LogP contribution in [0.1, 0.15) is 27.9 Å². The molecule has 0 atom stereocenters. The summed E-state index contributed by atoms with van der Waals surface area (Å²) in [5, 5.41) is 2.93. The summed E-state index contributed by atoms with van der Waals surface area (Å²) in [6.07, 6.45) is 2.65. The van der Waals surface area contributed by atoms with Crippen LogP contribution >= 0.6 is 11.3 Å². The zero-order chi connectivity index (χ0) is 22.7. The molecule has 1 amide bonds. The van der Waals surface area contributed by atoms with Gasteiger partial charge in [-0.15, -0.1) is 11.3 Å². The second kappa shape index (κ2) is 9.30. The van der Waals surface area contributed by atoms with Crippen molar-refractivity contribution >= 4 is 38.1 Å². The first-order chi connectivity index (χ1) is 15.3. The molecule has 32 heavy (non-hydrogen) atoms. The van der Waals surface area contributed by atoms with Gasteiger partial charge in [0.15, 0.2) is 5.13 Å². The summed E-state index contributed by atoms with van der Waals surface area (Å²) in [6.45, 7) is 6.67. The van der Waals surface area contributed by atoms with Gasteiger partial charge in [-0.05, 0) is 61.7 Å². The number of thiazole rings is 1. The van der Waals surface area contributed by atoms with Crippen LogP contribution in [0.15, 0.2) is 58.9 Å². The van der Waals surface area contributed by atoms with Gasteiger partial charge in [-0.3, -0.25) is 9.52 Å². The SMILES string of the molecule is Cc1cccc(NS(=O)(=O)c2ccc(C(=O)N3CCCN(c4nccs4)CC3)cc2)c1C. The van der Waals surface area contributed by atoms with E-state index in [0.29, 0.717) is 24.3 Å². The summed E-state index contributed by atoms with van der Waals surface area (Å²) < 4.78 is 28.3. The van der Waals surface area contributed by atoms with Crippen LogP contribution in [0, 0.1) is 13.8 Å². The van der Waals surface area contributed by atoms with E-state index in [1.165, 1.54) is 12.1 Å². The van der Waals surface area contributed by atoms with Crippen molar-refractivity contribution in [2.45, 2.75) is 25.2 Å². The summed E-state index contributed by atoms with van der Waals surface area (Å²) in [5.74, 6) is -0.0857. The smallest absolute Gasteiger partial charge is 0.261 e. The minimum absolute atomic E-state index is 0.0857. The molecular weight excluding hydrogens is 444 g/mol. The first-order valence-corrected chi connectivity index (χ1v) is 12.8. The number of benzene rings is 2. The van der Waals surface area contributed by atoms with Crippen LogP contribution in [0.25, 0.3) is 0 Å². The van der Waals surface area contributed by atoms with E-state index >= 15 is 0 Å². The minimum Gasteiger partial charge on any atom is -0.346 e. The Morgan fingerprint density at radius 2 is 1.81 bits per heavy atom. The molecule has 168 valence electrons. The number of hydrogen-bond acceptors (Lipinski definition) is 6. The van der Waals surface area contributed by atoms with E-state index in [1.807, 2.05) is 36.3 Å². The number of carbonyl (C=O) groups is 1. The van der Waals surface area contributed by atoms with Gasteiger partial charge in [0.05, 0.1) is 10.6 Å². The van der Waals surface area contributed by atoms with E-state index < -0.39 is 10.0 Å². The molecule has 1 saturated heterocycles. The van der Waals surface area contributed by atoms with Crippen LogP contribution < -0.4 is 9.62 Å². The lowest BCUT2D eigenvalue weighted by Crippen LogP contribution is -2.35. The Morgan fingerprint density at radius 1 is 1.03 bits per heavy atom. The zero-order valence-electron chi connectivity index (χ0n) is 18.1. The Morgan fingerprint density at radius 3 is 2.53 bits per heavy atom. The highest BCUT2D eigenvalue weighted by molar-refractivity contribution is 7.92. The largest absolute Gasteiger partial charge is 0.346 e. The van der Waals surface area contributed by atoms with E-state index in [1.54, 1.807) is 35.7 Å². The number of sulfonamides is 1. The maximum absolute atomic E-state index is 13.0. The van der Waals surface area contributed by atoms with E-state index in [2.05, 4.69) is 14.6 Å². The van der Waals surface area contributed by atoms with E-state index in [-0.39, 0.29) is 10.8 Å². The first kappa shape index (κ1) is 22.3. The fourth-order valence-corrected chi connectivity index (χ4v) is 5.53. The average molecular weight is 471 g/mol. The van der Waals surface area contributed by atoms with Crippen molar-refractivity contribution in [1.82, 2.24) is 9.88 Å². The summed E-state index contributed by atoms with van der Waals surface area (Å²) in [5.41, 5.74) is 2.94.